The molecule has 0 aromatic heterocycles. The Bertz CT molecular complexity index is 342. The van der Waals surface area contributed by atoms with E-state index in [9.17, 15) is 0 Å². The number of rotatable bonds is 2. The monoisotopic (exact) mass is 1080 g/mol. The minimum absolute atomic E-state index is 0.535. The zero-order valence-corrected chi connectivity index (χ0v) is 34.0. The molecule has 0 aliphatic carbocycles. The van der Waals surface area contributed by atoms with E-state index in [0.29, 0.717) is 16.8 Å². The molecule has 0 amide bonds. The van der Waals surface area contributed by atoms with Gasteiger partial charge in [0, 0.05) is 0 Å². The molecular weight excluding hydrogens is 1080 g/mol. The van der Waals surface area contributed by atoms with Gasteiger partial charge in [0.2, 0.25) is 0 Å². The third-order valence-electron chi connectivity index (χ3n) is 0.150. The summed E-state index contributed by atoms with van der Waals surface area (Å²) in [7, 11) is 0. The van der Waals surface area contributed by atoms with Gasteiger partial charge in [0.15, 0.2) is 0 Å². The van der Waals surface area contributed by atoms with Gasteiger partial charge in [-0.05, 0) is 0 Å². The molecule has 326 valence electrons. The predicted octanol–water partition coefficient (Wildman–Crippen LogP) is -8.96. The Hall–Kier alpha value is -6.30. The zero-order chi connectivity index (χ0) is 60.8. The molecule has 62 heavy (non-hydrogen) atoms. The molecule has 0 heterocycles. The Kier molecular flexibility index (Phi) is 40400. The normalized spacial score (nSPS) is 3.48. The molecule has 0 saturated heterocycles. The Morgan fingerprint density at radius 3 is 0.258 bits per heavy atom. The zero-order valence-electron chi connectivity index (χ0n) is 27.7. The maximum atomic E-state index is 7.50. The van der Waals surface area contributed by atoms with E-state index in [4.69, 9.17) is 163 Å². The quantitative estimate of drug-likeness (QED) is 0.183. The smallest absolute Gasteiger partial charge is 0.281 e. The molecule has 0 aliphatic rings. The van der Waals surface area contributed by atoms with Crippen molar-refractivity contribution < 1.29 is 175 Å². The van der Waals surface area contributed by atoms with Crippen molar-refractivity contribution in [2.24, 2.45) is 0 Å². The SMILES string of the molecule is Cl[Si](Cl)(Cl)[Co][C]([Co])[Co].[C]=O.[C]=O.[C]=O.[C]=O.[C]=O.[C]=O.[C]=O.[C]=O.[C]=O.[C]=O.[C]=O.[C]=O.[C]=O.[C]=O.[C]=O.[C]=O.[C]=O.[C]=O.[C]=O.[C]=O.[C]=O.[C]=O.[C]=O.[C]=O.[C]=O.[C]=O.[C]=O. The van der Waals surface area contributed by atoms with Gasteiger partial charge in [-0.2, -0.15) is 0 Å². The standard InChI is InChI=1S/27CO.C.Cl3Si.3Co/c27*1-2;;1-4(2)3;;;. The fraction of sp³-hybridized carbons (Fsp3) is 0. The van der Waals surface area contributed by atoms with Gasteiger partial charge in [-0.1, -0.05) is 0 Å². The van der Waals surface area contributed by atoms with Crippen molar-refractivity contribution in [3.05, 3.63) is 2.72 Å². The predicted molar refractivity (Wildman–Crippen MR) is 180 cm³/mol. The molecule has 0 rings (SSSR count). The van der Waals surface area contributed by atoms with Crippen LogP contribution in [0.1, 0.15) is 0 Å². The van der Waals surface area contributed by atoms with E-state index in [1.807, 2.05) is 0 Å². The second kappa shape index (κ2) is 11500. The first-order chi connectivity index (χ1) is 30.4. The maximum Gasteiger partial charge on any atom is 0.281 e. The second-order valence-electron chi connectivity index (χ2n) is 0.653. The Morgan fingerprint density at radius 1 is 0.210 bits per heavy atom. The number of hydrogen-bond acceptors (Lipinski definition) is 27. The molecule has 55 radical (unpaired) electrons. The van der Waals surface area contributed by atoms with Crippen LogP contribution in [-0.4, -0.2) is 188 Å². The Balaban J connectivity index is -0.00000000758. The Labute approximate surface area is 397 Å². The minimum Gasteiger partial charge on any atom is -0.281 e. The summed E-state index contributed by atoms with van der Waals surface area (Å²) in [6.45, 7) is 122. The molecule has 34 heteroatoms. The largest absolute Gasteiger partial charge is 0.281 e. The van der Waals surface area contributed by atoms with Crippen LogP contribution in [0.25, 0.3) is 0 Å². The third kappa shape index (κ3) is 87700. The summed E-state index contributed by atoms with van der Waals surface area (Å²) in [5, 5.41) is 0. The van der Waals surface area contributed by atoms with Crippen LogP contribution in [0.3, 0.4) is 0 Å². The van der Waals surface area contributed by atoms with Gasteiger partial charge in [0.05, 0.1) is 0 Å². The first kappa shape index (κ1) is 217. The number of hydrogen-bond donors (Lipinski definition) is 0. The molecule has 0 spiro atoms. The molecule has 0 atom stereocenters. The van der Waals surface area contributed by atoms with Crippen molar-refractivity contribution in [2.75, 3.05) is 0 Å². The average Bonchev–Trinajstić information content (AvgIpc) is 3.46. The second-order valence-corrected chi connectivity index (χ2v) is 16.7. The molecule has 27 nitrogen and oxygen atoms in total. The molecule has 0 bridgehead atoms. The fourth-order valence-corrected chi connectivity index (χ4v) is 9.64. The molecule has 0 unspecified atom stereocenters. The molecule has 0 aliphatic heterocycles. The van der Waals surface area contributed by atoms with E-state index in [0.717, 1.165) is 0 Å². The van der Waals surface area contributed by atoms with Crippen LogP contribution in [0, 0.1) is 2.72 Å². The van der Waals surface area contributed by atoms with Crippen molar-refractivity contribution in [1.82, 2.24) is 0 Å². The number of halogens is 3. The fourth-order valence-electron chi connectivity index (χ4n) is 0.0630. The van der Waals surface area contributed by atoms with Gasteiger partial charge >= 0.3 is 86.2 Å². The summed E-state index contributed by atoms with van der Waals surface area (Å²) in [5.74, 6) is 0. The van der Waals surface area contributed by atoms with Gasteiger partial charge in [-0.25, -0.2) is 0 Å². The summed E-state index contributed by atoms with van der Waals surface area (Å²) in [6.07, 6.45) is 0. The Morgan fingerprint density at radius 2 is 0.258 bits per heavy atom. The van der Waals surface area contributed by atoms with E-state index in [1.54, 1.807) is 0 Å². The van der Waals surface area contributed by atoms with E-state index >= 15 is 0 Å². The van der Waals surface area contributed by atoms with Crippen molar-refractivity contribution in [3.8, 4) is 0 Å². The topological polar surface area (TPSA) is 461 Å². The van der Waals surface area contributed by atoms with Gasteiger partial charge < -0.3 is 0 Å². The summed E-state index contributed by atoms with van der Waals surface area (Å²) < 4.78 is -1.99. The first-order valence-electron chi connectivity index (χ1n) is 6.74. The summed E-state index contributed by atoms with van der Waals surface area (Å²) in [5.41, 5.74) is 0. The van der Waals surface area contributed by atoms with E-state index < -0.39 is 4.65 Å². The minimum atomic E-state index is -2.53. The molecule has 0 fully saturated rings. The maximum absolute atomic E-state index is 7.50. The van der Waals surface area contributed by atoms with Crippen LogP contribution in [0.5, 0.6) is 0 Å². The number of carbonyl (C=O) groups excluding carboxylic acids is 27. The van der Waals surface area contributed by atoms with Crippen LogP contribution in [0.4, 0.5) is 0 Å². The molecule has 0 aromatic rings. The van der Waals surface area contributed by atoms with Crippen molar-refractivity contribution >= 4 is 221 Å². The van der Waals surface area contributed by atoms with Crippen LogP contribution < -0.4 is 0 Å². The van der Waals surface area contributed by atoms with Crippen LogP contribution in [0.15, 0.2) is 0 Å². The third-order valence-corrected chi connectivity index (χ3v) is 6.34. The van der Waals surface area contributed by atoms with Crippen LogP contribution >= 0.6 is 33.2 Å². The molecule has 0 saturated carbocycles. The van der Waals surface area contributed by atoms with Gasteiger partial charge in [-0.3, -0.25) is 129 Å². The van der Waals surface area contributed by atoms with Crippen LogP contribution in [0.2, 0.25) is 0 Å². The van der Waals surface area contributed by atoms with Crippen molar-refractivity contribution in [1.29, 1.82) is 0 Å². The first-order valence-corrected chi connectivity index (χ1v) is 14.7. The van der Waals surface area contributed by atoms with E-state index in [2.05, 4.69) is 215 Å². The van der Waals surface area contributed by atoms with Crippen molar-refractivity contribution in [2.45, 2.75) is 0 Å². The summed E-state index contributed by atoms with van der Waals surface area (Å²) in [6, 6.07) is 0. The summed E-state index contributed by atoms with van der Waals surface area (Å²) in [4.78, 5) is 202. The van der Waals surface area contributed by atoms with Gasteiger partial charge in [-0.15, -0.1) is 0 Å². The van der Waals surface area contributed by atoms with Crippen LogP contribution in [-0.2, 0) is 175 Å². The molecule has 0 aromatic carbocycles. The molecular formula is C28Cl3Co3O27Si. The van der Waals surface area contributed by atoms with Gasteiger partial charge in [0.25, 0.3) is 183 Å². The molecule has 0 N–H and O–H groups in total. The van der Waals surface area contributed by atoms with E-state index in [1.165, 1.54) is 0 Å². The van der Waals surface area contributed by atoms with E-state index in [-0.39, 0.29) is 0 Å². The van der Waals surface area contributed by atoms with Crippen molar-refractivity contribution in [3.63, 3.8) is 0 Å². The summed E-state index contributed by atoms with van der Waals surface area (Å²) >= 11 is 24.8. The van der Waals surface area contributed by atoms with Gasteiger partial charge in [0.1, 0.15) is 0 Å². The average molecular weight is 1080 g/mol.